The summed E-state index contributed by atoms with van der Waals surface area (Å²) in [4.78, 5) is 0. The van der Waals surface area contributed by atoms with Crippen molar-refractivity contribution in [2.75, 3.05) is 19.6 Å². The van der Waals surface area contributed by atoms with Crippen molar-refractivity contribution in [3.63, 3.8) is 0 Å². The van der Waals surface area contributed by atoms with Gasteiger partial charge >= 0.3 is 0 Å². The van der Waals surface area contributed by atoms with Crippen LogP contribution in [0.2, 0.25) is 0 Å². The quantitative estimate of drug-likeness (QED) is 0.501. The molecule has 1 fully saturated rings. The van der Waals surface area contributed by atoms with Gasteiger partial charge in [-0.15, -0.1) is 0 Å². The smallest absolute Gasteiger partial charge is 0.0175 e. The predicted octanol–water partition coefficient (Wildman–Crippen LogP) is -0.431. The van der Waals surface area contributed by atoms with Crippen molar-refractivity contribution >= 4 is 0 Å². The molecule has 7 heavy (non-hydrogen) atoms. The average molecular weight is 99.2 g/mol. The highest BCUT2D eigenvalue weighted by atomic mass is 14.9. The van der Waals surface area contributed by atoms with Crippen LogP contribution in [-0.4, -0.2) is 19.6 Å². The molecule has 1 heterocycles. The van der Waals surface area contributed by atoms with E-state index in [1.807, 2.05) is 0 Å². The molecule has 0 aromatic carbocycles. The molecule has 0 atom stereocenters. The van der Waals surface area contributed by atoms with Gasteiger partial charge in [-0.1, -0.05) is 0 Å². The minimum absolute atomic E-state index is 0.834. The molecule has 0 aromatic rings. The van der Waals surface area contributed by atoms with Gasteiger partial charge in [-0.05, 0) is 18.9 Å². The summed E-state index contributed by atoms with van der Waals surface area (Å²) in [5, 5.41) is 4.06. The molecule has 41 valence electrons. The van der Waals surface area contributed by atoms with Gasteiger partial charge in [0.1, 0.15) is 0 Å². The molecule has 1 rings (SSSR count). The summed E-state index contributed by atoms with van der Waals surface area (Å²) >= 11 is 0. The summed E-state index contributed by atoms with van der Waals surface area (Å²) in [6.45, 7) is 2.97. The van der Waals surface area contributed by atoms with Crippen molar-refractivity contribution in [1.29, 1.82) is 0 Å². The van der Waals surface area contributed by atoms with Crippen LogP contribution in [0.1, 0.15) is 6.42 Å². The topological polar surface area (TPSA) is 40.1 Å². The lowest BCUT2D eigenvalue weighted by Crippen LogP contribution is -2.37. The molecular weight excluding hydrogens is 88.1 g/mol. The number of hydrogen-bond acceptors (Lipinski definition) is 1. The van der Waals surface area contributed by atoms with Gasteiger partial charge in [0.2, 0.25) is 0 Å². The zero-order valence-electron chi connectivity index (χ0n) is 4.43. The Bertz CT molecular complexity index is 50.0. The van der Waals surface area contributed by atoms with E-state index in [2.05, 4.69) is 5.32 Å². The van der Waals surface area contributed by atoms with Gasteiger partial charge in [-0.3, -0.25) is 0 Å². The van der Waals surface area contributed by atoms with Crippen molar-refractivity contribution in [1.82, 2.24) is 5.32 Å². The zero-order chi connectivity index (χ0) is 5.11. The van der Waals surface area contributed by atoms with Crippen molar-refractivity contribution < 1.29 is 0 Å². The van der Waals surface area contributed by atoms with Crippen LogP contribution in [0.3, 0.4) is 0 Å². The molecule has 1 aliphatic rings. The fourth-order valence-corrected chi connectivity index (χ4v) is 0.730. The van der Waals surface area contributed by atoms with Crippen LogP contribution in [0.4, 0.5) is 0 Å². The fraction of sp³-hybridized carbons (Fsp3) is 1.00. The van der Waals surface area contributed by atoms with Crippen LogP contribution in [0.25, 0.3) is 0 Å². The number of nitrogens with zero attached hydrogens (tertiary/aromatic N) is 1. The largest absolute Gasteiger partial charge is 0.330 e. The summed E-state index contributed by atoms with van der Waals surface area (Å²) in [6.07, 6.45) is 1.17. The third-order valence-electron chi connectivity index (χ3n) is 1.35. The van der Waals surface area contributed by atoms with E-state index in [9.17, 15) is 0 Å². The first-order valence-electron chi connectivity index (χ1n) is 2.77. The molecule has 0 spiro atoms. The summed E-state index contributed by atoms with van der Waals surface area (Å²) in [5.74, 6) is 0.838. The first kappa shape index (κ1) is 5.06. The summed E-state index contributed by atoms with van der Waals surface area (Å²) < 4.78 is 0. The average Bonchev–Trinajstić information content (AvgIpc) is 1.55. The third kappa shape index (κ3) is 1.14. The Morgan fingerprint density at radius 1 is 1.57 bits per heavy atom. The molecule has 0 aromatic heterocycles. The summed E-state index contributed by atoms with van der Waals surface area (Å²) in [5.41, 5.74) is 5.30. The van der Waals surface area contributed by atoms with E-state index < -0.39 is 0 Å². The molecule has 1 saturated heterocycles. The van der Waals surface area contributed by atoms with Gasteiger partial charge in [0.25, 0.3) is 0 Å². The van der Waals surface area contributed by atoms with Gasteiger partial charge < -0.3 is 5.73 Å². The van der Waals surface area contributed by atoms with Crippen LogP contribution < -0.4 is 11.1 Å². The number of rotatable bonds is 2. The Morgan fingerprint density at radius 3 is 2.43 bits per heavy atom. The molecular formula is C5H11N2. The monoisotopic (exact) mass is 99.1 g/mol. The lowest BCUT2D eigenvalue weighted by Gasteiger charge is -2.23. The number of hydrogen-bond donors (Lipinski definition) is 1. The van der Waals surface area contributed by atoms with Crippen LogP contribution >= 0.6 is 0 Å². The Morgan fingerprint density at radius 2 is 2.29 bits per heavy atom. The van der Waals surface area contributed by atoms with Crippen molar-refractivity contribution in [3.8, 4) is 0 Å². The standard InChI is InChI=1S/C5H11N2/c6-2-1-5-3-7-4-5/h5H,1-4,6H2. The molecule has 0 saturated carbocycles. The minimum atomic E-state index is 0.834. The van der Waals surface area contributed by atoms with E-state index in [-0.39, 0.29) is 0 Å². The van der Waals surface area contributed by atoms with Gasteiger partial charge in [-0.2, -0.15) is 0 Å². The first-order chi connectivity index (χ1) is 3.43. The second-order valence-electron chi connectivity index (χ2n) is 2.03. The normalized spacial score (nSPS) is 21.9. The lowest BCUT2D eigenvalue weighted by molar-refractivity contribution is 0.324. The van der Waals surface area contributed by atoms with Crippen LogP contribution in [0.15, 0.2) is 0 Å². The van der Waals surface area contributed by atoms with E-state index in [0.717, 1.165) is 25.6 Å². The summed E-state index contributed by atoms with van der Waals surface area (Å²) in [7, 11) is 0. The van der Waals surface area contributed by atoms with Gasteiger partial charge in [0.15, 0.2) is 0 Å². The molecule has 2 heteroatoms. The maximum absolute atomic E-state index is 5.30. The van der Waals surface area contributed by atoms with Crippen molar-refractivity contribution in [3.05, 3.63) is 0 Å². The second-order valence-corrected chi connectivity index (χ2v) is 2.03. The lowest BCUT2D eigenvalue weighted by atomic mass is 10.00. The molecule has 2 nitrogen and oxygen atoms in total. The number of nitrogens with two attached hydrogens (primary N) is 1. The molecule has 0 aliphatic carbocycles. The highest BCUT2D eigenvalue weighted by molar-refractivity contribution is 4.73. The zero-order valence-corrected chi connectivity index (χ0v) is 4.43. The van der Waals surface area contributed by atoms with E-state index in [1.54, 1.807) is 0 Å². The molecule has 0 amide bonds. The molecule has 0 unspecified atom stereocenters. The fourth-order valence-electron chi connectivity index (χ4n) is 0.730. The van der Waals surface area contributed by atoms with Gasteiger partial charge in [-0.25, -0.2) is 5.32 Å². The van der Waals surface area contributed by atoms with Crippen LogP contribution in [-0.2, 0) is 0 Å². The first-order valence-corrected chi connectivity index (χ1v) is 2.77. The van der Waals surface area contributed by atoms with Gasteiger partial charge in [0, 0.05) is 13.1 Å². The Kier molecular flexibility index (Phi) is 1.65. The van der Waals surface area contributed by atoms with Crippen molar-refractivity contribution in [2.45, 2.75) is 6.42 Å². The Hall–Kier alpha value is -0.0800. The SMILES string of the molecule is NCCC1C[N]C1. The molecule has 1 aliphatic heterocycles. The van der Waals surface area contributed by atoms with E-state index in [1.165, 1.54) is 6.42 Å². The van der Waals surface area contributed by atoms with Crippen molar-refractivity contribution in [2.24, 2.45) is 11.7 Å². The van der Waals surface area contributed by atoms with Crippen LogP contribution in [0.5, 0.6) is 0 Å². The second kappa shape index (κ2) is 2.28. The van der Waals surface area contributed by atoms with E-state index in [4.69, 9.17) is 5.73 Å². The minimum Gasteiger partial charge on any atom is -0.330 e. The summed E-state index contributed by atoms with van der Waals surface area (Å²) in [6, 6.07) is 0. The van der Waals surface area contributed by atoms with E-state index in [0.29, 0.717) is 0 Å². The third-order valence-corrected chi connectivity index (χ3v) is 1.35. The predicted molar refractivity (Wildman–Crippen MR) is 29.0 cm³/mol. The Labute approximate surface area is 44.1 Å². The van der Waals surface area contributed by atoms with E-state index >= 15 is 0 Å². The maximum Gasteiger partial charge on any atom is 0.0175 e. The molecule has 2 N–H and O–H groups in total. The molecule has 0 bridgehead atoms. The van der Waals surface area contributed by atoms with Crippen LogP contribution in [0, 0.1) is 5.92 Å². The molecule has 1 radical (unpaired) electrons. The maximum atomic E-state index is 5.30. The Balaban J connectivity index is 1.93. The highest BCUT2D eigenvalue weighted by Gasteiger charge is 2.15. The van der Waals surface area contributed by atoms with Gasteiger partial charge in [0.05, 0.1) is 0 Å². The highest BCUT2D eigenvalue weighted by Crippen LogP contribution is 2.07.